The van der Waals surface area contributed by atoms with E-state index < -0.39 is 0 Å². The van der Waals surface area contributed by atoms with Crippen molar-refractivity contribution < 1.29 is 4.79 Å². The smallest absolute Gasteiger partial charge is 0.233 e. The second-order valence-electron chi connectivity index (χ2n) is 3.57. The van der Waals surface area contributed by atoms with Gasteiger partial charge in [-0.05, 0) is 26.8 Å². The van der Waals surface area contributed by atoms with Crippen LogP contribution < -0.4 is 0 Å². The van der Waals surface area contributed by atoms with Crippen LogP contribution in [0.1, 0.15) is 27.7 Å². The van der Waals surface area contributed by atoms with Crippen molar-refractivity contribution in [1.29, 1.82) is 0 Å². The Bertz CT molecular complexity index is 276. The van der Waals surface area contributed by atoms with Gasteiger partial charge in [-0.1, -0.05) is 18.6 Å². The van der Waals surface area contributed by atoms with E-state index in [2.05, 4.69) is 6.08 Å². The average Bonchev–Trinajstić information content (AvgIpc) is 2.11. The molecule has 1 heterocycles. The van der Waals surface area contributed by atoms with E-state index in [9.17, 15) is 4.79 Å². The third kappa shape index (κ3) is 2.00. The number of hydrogen-bond donors (Lipinski definition) is 0. The van der Waals surface area contributed by atoms with Crippen molar-refractivity contribution in [3.8, 4) is 0 Å². The van der Waals surface area contributed by atoms with Crippen molar-refractivity contribution in [3.63, 3.8) is 0 Å². The van der Waals surface area contributed by atoms with Gasteiger partial charge in [0, 0.05) is 12.2 Å². The molecule has 0 aromatic heterocycles. The molecule has 72 valence electrons. The lowest BCUT2D eigenvalue weighted by Crippen LogP contribution is -2.32. The molecule has 0 aromatic rings. The van der Waals surface area contributed by atoms with Crippen molar-refractivity contribution >= 4 is 5.91 Å². The predicted octanol–water partition coefficient (Wildman–Crippen LogP) is 2.33. The van der Waals surface area contributed by atoms with E-state index in [4.69, 9.17) is 0 Å². The summed E-state index contributed by atoms with van der Waals surface area (Å²) >= 11 is 0. The minimum Gasteiger partial charge on any atom is -0.316 e. The monoisotopic (exact) mass is 179 g/mol. The van der Waals surface area contributed by atoms with Gasteiger partial charge in [0.15, 0.2) is 0 Å². The first kappa shape index (κ1) is 10.0. The van der Waals surface area contributed by atoms with Gasteiger partial charge in [0.1, 0.15) is 0 Å². The molecule has 0 spiro atoms. The molecule has 1 rings (SSSR count). The Hall–Kier alpha value is -1.05. The van der Waals surface area contributed by atoms with Gasteiger partial charge in [-0.15, -0.1) is 0 Å². The lowest BCUT2D eigenvalue weighted by atomic mass is 10.1. The van der Waals surface area contributed by atoms with Crippen molar-refractivity contribution in [2.24, 2.45) is 5.92 Å². The molecule has 0 saturated heterocycles. The second-order valence-corrected chi connectivity index (χ2v) is 3.57. The van der Waals surface area contributed by atoms with Gasteiger partial charge >= 0.3 is 0 Å². The van der Waals surface area contributed by atoms with Crippen LogP contribution in [0.5, 0.6) is 0 Å². The number of rotatable bonds is 1. The molecule has 13 heavy (non-hydrogen) atoms. The summed E-state index contributed by atoms with van der Waals surface area (Å²) in [5, 5.41) is 0. The Morgan fingerprint density at radius 2 is 2.08 bits per heavy atom. The number of carbonyl (C=O) groups excluding carboxylic acids is 1. The summed E-state index contributed by atoms with van der Waals surface area (Å²) in [5.74, 6) is 0.210. The average molecular weight is 179 g/mol. The molecule has 1 atom stereocenters. The van der Waals surface area contributed by atoms with Crippen molar-refractivity contribution in [2.45, 2.75) is 27.7 Å². The fourth-order valence-corrected chi connectivity index (χ4v) is 1.75. The van der Waals surface area contributed by atoms with Crippen LogP contribution in [0, 0.1) is 5.92 Å². The van der Waals surface area contributed by atoms with Crippen LogP contribution in [0.25, 0.3) is 0 Å². The first-order valence-electron chi connectivity index (χ1n) is 4.74. The Labute approximate surface area is 79.9 Å². The lowest BCUT2D eigenvalue weighted by molar-refractivity contribution is -0.131. The molecule has 2 heteroatoms. The summed E-state index contributed by atoms with van der Waals surface area (Å²) in [5.41, 5.74) is 2.22. The molecule has 1 aliphatic heterocycles. The predicted molar refractivity (Wildman–Crippen MR) is 54.1 cm³/mol. The Morgan fingerprint density at radius 1 is 1.46 bits per heavy atom. The molecular weight excluding hydrogens is 162 g/mol. The van der Waals surface area contributed by atoms with Crippen LogP contribution in [-0.2, 0) is 4.79 Å². The molecule has 0 radical (unpaired) electrons. The van der Waals surface area contributed by atoms with E-state index in [1.54, 1.807) is 0 Å². The van der Waals surface area contributed by atoms with E-state index in [0.717, 1.165) is 12.2 Å². The summed E-state index contributed by atoms with van der Waals surface area (Å²) in [6.07, 6.45) is 4.08. The maximum Gasteiger partial charge on any atom is 0.233 e. The van der Waals surface area contributed by atoms with Crippen molar-refractivity contribution in [1.82, 2.24) is 4.90 Å². The SMILES string of the molecule is CCN1C(=O)[C@H](C)C=C(C)C=C1C. The van der Waals surface area contributed by atoms with Gasteiger partial charge in [0.2, 0.25) is 5.91 Å². The maximum absolute atomic E-state index is 11.8. The highest BCUT2D eigenvalue weighted by Crippen LogP contribution is 2.18. The van der Waals surface area contributed by atoms with Crippen LogP contribution in [0.15, 0.2) is 23.4 Å². The van der Waals surface area contributed by atoms with Crippen LogP contribution in [0.3, 0.4) is 0 Å². The van der Waals surface area contributed by atoms with Crippen LogP contribution in [0.4, 0.5) is 0 Å². The Balaban J connectivity index is 3.03. The molecule has 0 saturated carbocycles. The molecule has 0 N–H and O–H groups in total. The molecule has 2 nitrogen and oxygen atoms in total. The summed E-state index contributed by atoms with van der Waals surface area (Å²) in [4.78, 5) is 13.6. The fourth-order valence-electron chi connectivity index (χ4n) is 1.75. The van der Waals surface area contributed by atoms with E-state index in [1.807, 2.05) is 38.7 Å². The molecule has 0 aromatic carbocycles. The van der Waals surface area contributed by atoms with Gasteiger partial charge in [-0.2, -0.15) is 0 Å². The normalized spacial score (nSPS) is 23.8. The molecule has 0 aliphatic carbocycles. The topological polar surface area (TPSA) is 20.3 Å². The van der Waals surface area contributed by atoms with Gasteiger partial charge in [0.25, 0.3) is 0 Å². The maximum atomic E-state index is 11.8. The van der Waals surface area contributed by atoms with E-state index >= 15 is 0 Å². The van der Waals surface area contributed by atoms with E-state index in [0.29, 0.717) is 0 Å². The highest BCUT2D eigenvalue weighted by Gasteiger charge is 2.20. The summed E-state index contributed by atoms with van der Waals surface area (Å²) in [6.45, 7) is 8.72. The van der Waals surface area contributed by atoms with Gasteiger partial charge in [-0.3, -0.25) is 4.79 Å². The highest BCUT2D eigenvalue weighted by atomic mass is 16.2. The van der Waals surface area contributed by atoms with Crippen LogP contribution >= 0.6 is 0 Å². The zero-order valence-electron chi connectivity index (χ0n) is 8.79. The van der Waals surface area contributed by atoms with Crippen LogP contribution in [-0.4, -0.2) is 17.4 Å². The lowest BCUT2D eigenvalue weighted by Gasteiger charge is -2.22. The van der Waals surface area contributed by atoms with E-state index in [1.165, 1.54) is 5.57 Å². The first-order valence-corrected chi connectivity index (χ1v) is 4.74. The molecule has 1 aliphatic rings. The highest BCUT2D eigenvalue weighted by molar-refractivity contribution is 5.82. The summed E-state index contributed by atoms with van der Waals surface area (Å²) in [7, 11) is 0. The third-order valence-electron chi connectivity index (χ3n) is 2.35. The van der Waals surface area contributed by atoms with Crippen LogP contribution in [0.2, 0.25) is 0 Å². The molecule has 0 unspecified atom stereocenters. The second kappa shape index (κ2) is 3.77. The number of nitrogens with zero attached hydrogens (tertiary/aromatic N) is 1. The number of hydrogen-bond acceptors (Lipinski definition) is 1. The van der Waals surface area contributed by atoms with Gasteiger partial charge in [-0.25, -0.2) is 0 Å². The Morgan fingerprint density at radius 3 is 2.62 bits per heavy atom. The summed E-state index contributed by atoms with van der Waals surface area (Å²) in [6, 6.07) is 0. The fraction of sp³-hybridized carbons (Fsp3) is 0.545. The number of carbonyl (C=O) groups is 1. The first-order chi connectivity index (χ1) is 6.06. The quantitative estimate of drug-likeness (QED) is 0.605. The largest absolute Gasteiger partial charge is 0.316 e. The molecule has 0 fully saturated rings. The third-order valence-corrected chi connectivity index (χ3v) is 2.35. The van der Waals surface area contributed by atoms with E-state index in [-0.39, 0.29) is 11.8 Å². The molecule has 0 bridgehead atoms. The standard InChI is InChI=1S/C11H17NO/c1-5-12-10(4)7-8(2)6-9(3)11(12)13/h6-7,9H,5H2,1-4H3/t9-/m1/s1. The molecular formula is C11H17NO. The summed E-state index contributed by atoms with van der Waals surface area (Å²) < 4.78 is 0. The number of allylic oxidation sites excluding steroid dienone is 3. The minimum absolute atomic E-state index is 0.00801. The number of amides is 1. The van der Waals surface area contributed by atoms with Gasteiger partial charge < -0.3 is 4.90 Å². The van der Waals surface area contributed by atoms with Gasteiger partial charge in [0.05, 0.1) is 5.92 Å². The zero-order valence-corrected chi connectivity index (χ0v) is 8.79. The zero-order chi connectivity index (χ0) is 10.0. The van der Waals surface area contributed by atoms with Crippen molar-refractivity contribution in [2.75, 3.05) is 6.54 Å². The minimum atomic E-state index is 0.00801. The molecule has 1 amide bonds. The Kier molecular flexibility index (Phi) is 2.91. The van der Waals surface area contributed by atoms with Crippen molar-refractivity contribution in [3.05, 3.63) is 23.4 Å².